The van der Waals surface area contributed by atoms with Crippen molar-refractivity contribution in [2.45, 2.75) is 25.3 Å². The molecule has 0 radical (unpaired) electrons. The van der Waals surface area contributed by atoms with Crippen LogP contribution in [0.15, 0.2) is 51.8 Å². The number of halogens is 1. The van der Waals surface area contributed by atoms with Crippen molar-refractivity contribution in [3.8, 4) is 11.5 Å². The van der Waals surface area contributed by atoms with Crippen molar-refractivity contribution in [2.75, 3.05) is 26.2 Å². The third kappa shape index (κ3) is 4.41. The lowest BCUT2D eigenvalue weighted by molar-refractivity contribution is 0.168. The zero-order valence-electron chi connectivity index (χ0n) is 16.9. The zero-order valence-corrected chi connectivity index (χ0v) is 18.4. The Morgan fingerprint density at radius 1 is 0.967 bits per heavy atom. The van der Waals surface area contributed by atoms with E-state index in [1.54, 1.807) is 28.6 Å². The highest BCUT2D eigenvalue weighted by atomic mass is 35.5. The molecule has 4 rings (SSSR count). The number of hydrogen-bond acceptors (Lipinski definition) is 6. The summed E-state index contributed by atoms with van der Waals surface area (Å²) in [5.41, 5.74) is 2.86. The van der Waals surface area contributed by atoms with Gasteiger partial charge in [-0.25, -0.2) is 8.42 Å². The molecule has 0 bridgehead atoms. The van der Waals surface area contributed by atoms with E-state index >= 15 is 0 Å². The maximum absolute atomic E-state index is 13.0. The minimum atomic E-state index is -3.49. The minimum Gasteiger partial charge on any atom is -0.419 e. The van der Waals surface area contributed by atoms with Crippen LogP contribution in [-0.4, -0.2) is 54.0 Å². The van der Waals surface area contributed by atoms with Crippen LogP contribution in [0.2, 0.25) is 5.02 Å². The highest BCUT2D eigenvalue weighted by Crippen LogP contribution is 2.23. The van der Waals surface area contributed by atoms with Crippen molar-refractivity contribution in [3.63, 3.8) is 0 Å². The normalized spacial score (nSPS) is 16.1. The summed E-state index contributed by atoms with van der Waals surface area (Å²) in [5, 5.41) is 8.86. The van der Waals surface area contributed by atoms with Gasteiger partial charge in [0, 0.05) is 36.8 Å². The van der Waals surface area contributed by atoms with Gasteiger partial charge in [-0.1, -0.05) is 17.7 Å². The molecular weight excluding hydrogens is 424 g/mol. The van der Waals surface area contributed by atoms with E-state index in [9.17, 15) is 8.42 Å². The lowest BCUT2D eigenvalue weighted by atomic mass is 10.1. The van der Waals surface area contributed by atoms with Gasteiger partial charge in [-0.15, -0.1) is 10.2 Å². The molecule has 1 aliphatic heterocycles. The molecule has 0 saturated carbocycles. The number of benzene rings is 2. The maximum Gasteiger partial charge on any atom is 0.247 e. The topological polar surface area (TPSA) is 79.5 Å². The first-order valence-electron chi connectivity index (χ1n) is 9.71. The van der Waals surface area contributed by atoms with Crippen LogP contribution in [0, 0.1) is 13.8 Å². The van der Waals surface area contributed by atoms with E-state index in [1.165, 1.54) is 0 Å². The van der Waals surface area contributed by atoms with E-state index in [1.807, 2.05) is 32.0 Å². The Balaban J connectivity index is 1.38. The van der Waals surface area contributed by atoms with Crippen LogP contribution in [0.4, 0.5) is 0 Å². The quantitative estimate of drug-likeness (QED) is 0.596. The number of piperazine rings is 1. The van der Waals surface area contributed by atoms with E-state index in [4.69, 9.17) is 16.0 Å². The van der Waals surface area contributed by atoms with Crippen molar-refractivity contribution in [3.05, 3.63) is 64.5 Å². The number of rotatable bonds is 5. The van der Waals surface area contributed by atoms with E-state index in [-0.39, 0.29) is 0 Å². The first-order chi connectivity index (χ1) is 14.3. The van der Waals surface area contributed by atoms with Crippen molar-refractivity contribution in [2.24, 2.45) is 0 Å². The fraction of sp³-hybridized carbons (Fsp3) is 0.333. The third-order valence-corrected chi connectivity index (χ3v) is 7.51. The molecular formula is C21H23ClN4O3S. The molecule has 2 heterocycles. The highest BCUT2D eigenvalue weighted by Gasteiger charge is 2.29. The second kappa shape index (κ2) is 8.47. The van der Waals surface area contributed by atoms with Gasteiger partial charge in [-0.05, 0) is 61.4 Å². The first-order valence-corrected chi connectivity index (χ1v) is 11.5. The predicted molar refractivity (Wildman–Crippen MR) is 115 cm³/mol. The monoisotopic (exact) mass is 446 g/mol. The number of hydrogen-bond donors (Lipinski definition) is 0. The Labute approximate surface area is 181 Å². The number of sulfonamides is 1. The fourth-order valence-electron chi connectivity index (χ4n) is 3.37. The van der Waals surface area contributed by atoms with Crippen LogP contribution in [0.1, 0.15) is 17.0 Å². The lowest BCUT2D eigenvalue weighted by Crippen LogP contribution is -2.48. The second-order valence-electron chi connectivity index (χ2n) is 7.43. The molecule has 1 saturated heterocycles. The van der Waals surface area contributed by atoms with Crippen molar-refractivity contribution >= 4 is 21.6 Å². The Morgan fingerprint density at radius 3 is 2.33 bits per heavy atom. The molecule has 1 aromatic heterocycles. The minimum absolute atomic E-state index is 0.351. The van der Waals surface area contributed by atoms with E-state index in [0.29, 0.717) is 54.4 Å². The highest BCUT2D eigenvalue weighted by molar-refractivity contribution is 7.89. The summed E-state index contributed by atoms with van der Waals surface area (Å²) in [6.45, 7) is 6.43. The van der Waals surface area contributed by atoms with Crippen molar-refractivity contribution in [1.82, 2.24) is 19.4 Å². The van der Waals surface area contributed by atoms with Crippen LogP contribution >= 0.6 is 11.6 Å². The second-order valence-corrected chi connectivity index (χ2v) is 9.81. The summed E-state index contributed by atoms with van der Waals surface area (Å²) in [6.07, 6.45) is 0. The molecule has 0 amide bonds. The van der Waals surface area contributed by atoms with Gasteiger partial charge in [0.05, 0.1) is 11.4 Å². The molecule has 1 fully saturated rings. The van der Waals surface area contributed by atoms with Gasteiger partial charge >= 0.3 is 0 Å². The smallest absolute Gasteiger partial charge is 0.247 e. The first kappa shape index (κ1) is 21.0. The number of aromatic nitrogens is 2. The molecule has 2 aromatic carbocycles. The van der Waals surface area contributed by atoms with Crippen LogP contribution in [0.5, 0.6) is 0 Å². The van der Waals surface area contributed by atoms with Crippen molar-refractivity contribution in [1.29, 1.82) is 0 Å². The van der Waals surface area contributed by atoms with Crippen LogP contribution in [0.3, 0.4) is 0 Å². The molecule has 0 atom stereocenters. The summed E-state index contributed by atoms with van der Waals surface area (Å²) in [5.74, 6) is 0.947. The summed E-state index contributed by atoms with van der Waals surface area (Å²) in [7, 11) is -3.49. The molecule has 158 valence electrons. The summed E-state index contributed by atoms with van der Waals surface area (Å²) in [6, 6.07) is 12.5. The third-order valence-electron chi connectivity index (χ3n) is 5.36. The zero-order chi connectivity index (χ0) is 21.3. The van der Waals surface area contributed by atoms with Crippen LogP contribution in [-0.2, 0) is 16.6 Å². The average molecular weight is 447 g/mol. The van der Waals surface area contributed by atoms with E-state index < -0.39 is 10.0 Å². The lowest BCUT2D eigenvalue weighted by Gasteiger charge is -2.33. The average Bonchev–Trinajstić information content (AvgIpc) is 3.19. The Kier molecular flexibility index (Phi) is 5.92. The Bertz CT molecular complexity index is 1140. The molecule has 0 N–H and O–H groups in total. The molecule has 1 aliphatic rings. The molecule has 0 aliphatic carbocycles. The summed E-state index contributed by atoms with van der Waals surface area (Å²) >= 11 is 5.91. The Hall–Kier alpha value is -2.26. The van der Waals surface area contributed by atoms with Gasteiger partial charge in [0.15, 0.2) is 0 Å². The fourth-order valence-corrected chi connectivity index (χ4v) is 5.00. The van der Waals surface area contributed by atoms with Crippen LogP contribution in [0.25, 0.3) is 11.5 Å². The van der Waals surface area contributed by atoms with E-state index in [2.05, 4.69) is 15.1 Å². The predicted octanol–water partition coefficient (Wildman–Crippen LogP) is 3.51. The van der Waals surface area contributed by atoms with Gasteiger partial charge < -0.3 is 4.42 Å². The van der Waals surface area contributed by atoms with Gasteiger partial charge in [0.1, 0.15) is 0 Å². The molecule has 0 spiro atoms. The number of nitrogens with zero attached hydrogens (tertiary/aromatic N) is 4. The molecule has 3 aromatic rings. The summed E-state index contributed by atoms with van der Waals surface area (Å²) < 4.78 is 33.2. The molecule has 30 heavy (non-hydrogen) atoms. The SMILES string of the molecule is Cc1ccc(S(=O)(=O)N2CCN(Cc3nnc(-c4ccc(Cl)cc4)o3)CC2)cc1C. The van der Waals surface area contributed by atoms with Gasteiger partial charge in [-0.2, -0.15) is 4.31 Å². The van der Waals surface area contributed by atoms with Crippen LogP contribution < -0.4 is 0 Å². The molecule has 9 heteroatoms. The number of aryl methyl sites for hydroxylation is 2. The van der Waals surface area contributed by atoms with E-state index in [0.717, 1.165) is 16.7 Å². The van der Waals surface area contributed by atoms with Crippen molar-refractivity contribution < 1.29 is 12.8 Å². The molecule has 0 unspecified atom stereocenters. The van der Waals surface area contributed by atoms with Gasteiger partial charge in [0.25, 0.3) is 0 Å². The standard InChI is InChI=1S/C21H23ClN4O3S/c1-15-3-8-19(13-16(15)2)30(27,28)26-11-9-25(10-12-26)14-20-23-24-21(29-20)17-4-6-18(22)7-5-17/h3-8,13H,9-12,14H2,1-2H3. The van der Waals surface area contributed by atoms with Gasteiger partial charge in [-0.3, -0.25) is 4.90 Å². The molecule has 7 nitrogen and oxygen atoms in total. The van der Waals surface area contributed by atoms with Gasteiger partial charge in [0.2, 0.25) is 21.8 Å². The largest absolute Gasteiger partial charge is 0.419 e. The summed E-state index contributed by atoms with van der Waals surface area (Å²) in [4.78, 5) is 2.47. The Morgan fingerprint density at radius 2 is 1.67 bits per heavy atom. The maximum atomic E-state index is 13.0.